The van der Waals surface area contributed by atoms with Gasteiger partial charge in [0.2, 0.25) is 0 Å². The van der Waals surface area contributed by atoms with Crippen LogP contribution in [-0.4, -0.2) is 23.3 Å². The van der Waals surface area contributed by atoms with E-state index in [1.54, 1.807) is 6.07 Å². The van der Waals surface area contributed by atoms with Crippen LogP contribution in [0.15, 0.2) is 18.2 Å². The second-order valence-corrected chi connectivity index (χ2v) is 6.43. The first-order chi connectivity index (χ1) is 10.6. The molecule has 0 saturated carbocycles. The van der Waals surface area contributed by atoms with E-state index in [0.717, 1.165) is 6.07 Å². The number of hydrogen-bond donors (Lipinski definition) is 1. The maximum atomic E-state index is 13.2. The molecule has 0 spiro atoms. The molecular formula is C17H21F3N2O. The molecule has 1 N–H and O–H groups in total. The molecule has 126 valence electrons. The summed E-state index contributed by atoms with van der Waals surface area (Å²) in [7, 11) is 0. The first-order valence-electron chi connectivity index (χ1n) is 7.74. The molecule has 1 aromatic carbocycles. The largest absolute Gasteiger partial charge is 0.417 e. The Morgan fingerprint density at radius 3 is 2.57 bits per heavy atom. The fraction of sp³-hybridized carbons (Fsp3) is 0.588. The summed E-state index contributed by atoms with van der Waals surface area (Å²) in [6.45, 7) is 6.30. The van der Waals surface area contributed by atoms with Gasteiger partial charge in [-0.3, -0.25) is 0 Å². The van der Waals surface area contributed by atoms with Crippen molar-refractivity contribution < 1.29 is 18.3 Å². The third kappa shape index (κ3) is 3.16. The number of nitriles is 1. The van der Waals surface area contributed by atoms with E-state index in [-0.39, 0.29) is 17.5 Å². The molecule has 0 bridgehead atoms. The van der Waals surface area contributed by atoms with Gasteiger partial charge in [0.05, 0.1) is 28.8 Å². The number of rotatable bonds is 3. The van der Waals surface area contributed by atoms with Crippen molar-refractivity contribution in [2.75, 3.05) is 11.4 Å². The monoisotopic (exact) mass is 326 g/mol. The summed E-state index contributed by atoms with van der Waals surface area (Å²) in [5.41, 5.74) is -1.81. The van der Waals surface area contributed by atoms with Gasteiger partial charge < -0.3 is 10.0 Å². The number of halogens is 3. The average molecular weight is 326 g/mol. The fourth-order valence-corrected chi connectivity index (χ4v) is 3.59. The lowest BCUT2D eigenvalue weighted by Gasteiger charge is -2.37. The van der Waals surface area contributed by atoms with Crippen LogP contribution in [0.25, 0.3) is 0 Å². The van der Waals surface area contributed by atoms with Crippen LogP contribution in [-0.2, 0) is 6.18 Å². The third-order valence-corrected chi connectivity index (χ3v) is 4.68. The summed E-state index contributed by atoms with van der Waals surface area (Å²) in [5, 5.41) is 19.7. The second kappa shape index (κ2) is 6.04. The van der Waals surface area contributed by atoms with E-state index >= 15 is 0 Å². The standard InChI is InChI=1S/C17H21F3N2O/c1-4-16(23)7-8-22(15(16)11(2)3)13-6-5-12(10-21)14(9-13)17(18,19)20/h5-6,9,11,15,23H,4,7-8H2,1-3H3. The number of alkyl halides is 3. The van der Waals surface area contributed by atoms with Crippen LogP contribution >= 0.6 is 0 Å². The van der Waals surface area contributed by atoms with Gasteiger partial charge in [0.25, 0.3) is 0 Å². The lowest BCUT2D eigenvalue weighted by Crippen LogP contribution is -2.48. The van der Waals surface area contributed by atoms with Crippen LogP contribution in [0, 0.1) is 17.2 Å². The van der Waals surface area contributed by atoms with Crippen LogP contribution < -0.4 is 4.90 Å². The molecule has 3 nitrogen and oxygen atoms in total. The molecule has 2 unspecified atom stereocenters. The first-order valence-corrected chi connectivity index (χ1v) is 7.74. The first kappa shape index (κ1) is 17.6. The van der Waals surface area contributed by atoms with Crippen molar-refractivity contribution in [3.63, 3.8) is 0 Å². The topological polar surface area (TPSA) is 47.3 Å². The number of nitrogens with zero attached hydrogens (tertiary/aromatic N) is 2. The van der Waals surface area contributed by atoms with Crippen molar-refractivity contribution in [3.8, 4) is 6.07 Å². The van der Waals surface area contributed by atoms with Crippen molar-refractivity contribution in [1.82, 2.24) is 0 Å². The number of anilines is 1. The van der Waals surface area contributed by atoms with Crippen molar-refractivity contribution >= 4 is 5.69 Å². The molecule has 0 aromatic heterocycles. The molecule has 0 amide bonds. The molecule has 1 heterocycles. The van der Waals surface area contributed by atoms with Crippen molar-refractivity contribution in [2.24, 2.45) is 5.92 Å². The van der Waals surface area contributed by atoms with Crippen molar-refractivity contribution in [3.05, 3.63) is 29.3 Å². The molecule has 0 radical (unpaired) electrons. The van der Waals surface area contributed by atoms with Crippen molar-refractivity contribution in [2.45, 2.75) is 51.4 Å². The van der Waals surface area contributed by atoms with Crippen molar-refractivity contribution in [1.29, 1.82) is 5.26 Å². The zero-order chi connectivity index (χ0) is 17.4. The Balaban J connectivity index is 2.49. The zero-order valence-electron chi connectivity index (χ0n) is 13.5. The highest BCUT2D eigenvalue weighted by atomic mass is 19.4. The van der Waals surface area contributed by atoms with Crippen LogP contribution in [0.4, 0.5) is 18.9 Å². The molecule has 1 aliphatic rings. The SMILES string of the molecule is CCC1(O)CCN(c2ccc(C#N)c(C(F)(F)F)c2)C1C(C)C. The van der Waals surface area contributed by atoms with E-state index in [9.17, 15) is 18.3 Å². The molecule has 23 heavy (non-hydrogen) atoms. The van der Waals surface area contributed by atoms with E-state index in [0.29, 0.717) is 25.1 Å². The molecule has 2 rings (SSSR count). The zero-order valence-corrected chi connectivity index (χ0v) is 13.5. The summed E-state index contributed by atoms with van der Waals surface area (Å²) >= 11 is 0. The Labute approximate surface area is 134 Å². The van der Waals surface area contributed by atoms with Gasteiger partial charge in [-0.25, -0.2) is 0 Å². The Kier molecular flexibility index (Phi) is 4.63. The summed E-state index contributed by atoms with van der Waals surface area (Å²) in [4.78, 5) is 1.84. The van der Waals surface area contributed by atoms with Crippen LogP contribution in [0.1, 0.15) is 44.7 Å². The van der Waals surface area contributed by atoms with Gasteiger partial charge in [-0.15, -0.1) is 0 Å². The highest BCUT2D eigenvalue weighted by Crippen LogP contribution is 2.41. The molecule has 0 aliphatic carbocycles. The maximum absolute atomic E-state index is 13.2. The Bertz CT molecular complexity index is 621. The Morgan fingerprint density at radius 1 is 1.43 bits per heavy atom. The van der Waals surface area contributed by atoms with Gasteiger partial charge in [0.15, 0.2) is 0 Å². The Hall–Kier alpha value is -1.74. The van der Waals surface area contributed by atoms with E-state index in [1.165, 1.54) is 12.1 Å². The second-order valence-electron chi connectivity index (χ2n) is 6.43. The minimum Gasteiger partial charge on any atom is -0.388 e. The predicted molar refractivity (Wildman–Crippen MR) is 82.0 cm³/mol. The summed E-state index contributed by atoms with van der Waals surface area (Å²) in [6, 6.07) is 5.11. The third-order valence-electron chi connectivity index (χ3n) is 4.68. The van der Waals surface area contributed by atoms with Crippen LogP contribution in [0.5, 0.6) is 0 Å². The van der Waals surface area contributed by atoms with E-state index in [4.69, 9.17) is 5.26 Å². The average Bonchev–Trinajstić information content (AvgIpc) is 2.84. The van der Waals surface area contributed by atoms with Gasteiger partial charge in [0.1, 0.15) is 0 Å². The summed E-state index contributed by atoms with van der Waals surface area (Å²) < 4.78 is 39.5. The maximum Gasteiger partial charge on any atom is 0.417 e. The quantitative estimate of drug-likeness (QED) is 0.915. The van der Waals surface area contributed by atoms with Gasteiger partial charge in [-0.1, -0.05) is 20.8 Å². The number of hydrogen-bond acceptors (Lipinski definition) is 3. The van der Waals surface area contributed by atoms with Gasteiger partial charge in [-0.2, -0.15) is 18.4 Å². The molecule has 1 saturated heterocycles. The molecular weight excluding hydrogens is 305 g/mol. The number of benzene rings is 1. The normalized spacial score (nSPS) is 25.0. The predicted octanol–water partition coefficient (Wildman–Crippen LogP) is 3.95. The minimum atomic E-state index is -4.57. The van der Waals surface area contributed by atoms with Crippen LogP contribution in [0.3, 0.4) is 0 Å². The summed E-state index contributed by atoms with van der Waals surface area (Å²) in [5.74, 6) is 0.0902. The smallest absolute Gasteiger partial charge is 0.388 e. The van der Waals surface area contributed by atoms with Gasteiger partial charge in [-0.05, 0) is 37.0 Å². The Morgan fingerprint density at radius 2 is 2.09 bits per heavy atom. The number of aliphatic hydroxyl groups is 1. The van der Waals surface area contributed by atoms with E-state index in [1.807, 2.05) is 25.7 Å². The molecule has 1 aliphatic heterocycles. The lowest BCUT2D eigenvalue weighted by molar-refractivity contribution is -0.137. The van der Waals surface area contributed by atoms with Crippen LogP contribution in [0.2, 0.25) is 0 Å². The lowest BCUT2D eigenvalue weighted by atomic mass is 9.84. The molecule has 6 heteroatoms. The van der Waals surface area contributed by atoms with E-state index in [2.05, 4.69) is 0 Å². The molecule has 1 fully saturated rings. The minimum absolute atomic E-state index is 0.0902. The fourth-order valence-electron chi connectivity index (χ4n) is 3.59. The molecule has 1 aromatic rings. The van der Waals surface area contributed by atoms with Gasteiger partial charge in [0, 0.05) is 12.2 Å². The highest BCUT2D eigenvalue weighted by molar-refractivity contribution is 5.56. The summed E-state index contributed by atoms with van der Waals surface area (Å²) in [6.07, 6.45) is -3.50. The van der Waals surface area contributed by atoms with E-state index < -0.39 is 17.3 Å². The molecule has 2 atom stereocenters. The van der Waals surface area contributed by atoms with Gasteiger partial charge >= 0.3 is 6.18 Å². The highest BCUT2D eigenvalue weighted by Gasteiger charge is 2.46.